The van der Waals surface area contributed by atoms with Gasteiger partial charge in [0, 0.05) is 22.8 Å². The summed E-state index contributed by atoms with van der Waals surface area (Å²) in [5.74, 6) is 0. The number of hydrogen-bond donors (Lipinski definition) is 0. The molecule has 3 rings (SSSR count). The van der Waals surface area contributed by atoms with Crippen LogP contribution in [0, 0.1) is 13.8 Å². The van der Waals surface area contributed by atoms with E-state index in [-0.39, 0.29) is 20.4 Å². The first-order valence-corrected chi connectivity index (χ1v) is 20.4. The van der Waals surface area contributed by atoms with E-state index in [9.17, 15) is 5.53 Å². The minimum Gasteiger partial charge on any atom is -0.493 e. The summed E-state index contributed by atoms with van der Waals surface area (Å²) in [6.07, 6.45) is 33.6. The fraction of sp³-hybridized carbons (Fsp3) is 0.574. The zero-order chi connectivity index (χ0) is 36.0. The largest absolute Gasteiger partial charge is 2.00 e. The molecule has 0 N–H and O–H groups in total. The van der Waals surface area contributed by atoms with Crippen molar-refractivity contribution < 1.29 is 25.1 Å². The minimum atomic E-state index is 0. The van der Waals surface area contributed by atoms with Crippen LogP contribution in [0.1, 0.15) is 185 Å². The van der Waals surface area contributed by atoms with Gasteiger partial charge in [0.2, 0.25) is 11.4 Å². The first-order valence-electron chi connectivity index (χ1n) is 20.4. The molecule has 0 aliphatic carbocycles. The predicted molar refractivity (Wildman–Crippen MR) is 219 cm³/mol. The number of benzene rings is 2. The maximum atomic E-state index is 11.7. The molecule has 0 saturated heterocycles. The van der Waals surface area contributed by atoms with Crippen LogP contribution in [-0.4, -0.2) is 4.70 Å². The van der Waals surface area contributed by atoms with Crippen LogP contribution in [0.3, 0.4) is 0 Å². The number of hydrogen-bond acceptors (Lipinski definition) is 0. The second-order valence-electron chi connectivity index (χ2n) is 13.6. The molecular formula is C47H74N2Pd. The quantitative estimate of drug-likeness (QED) is 0.0353. The van der Waals surface area contributed by atoms with Gasteiger partial charge in [-0.25, -0.2) is 4.70 Å². The molecule has 0 aromatic heterocycles. The Morgan fingerprint density at radius 2 is 1.12 bits per heavy atom. The van der Waals surface area contributed by atoms with Crippen molar-refractivity contribution in [1.29, 1.82) is 0 Å². The van der Waals surface area contributed by atoms with E-state index in [0.717, 1.165) is 61.9 Å². The average Bonchev–Trinajstić information content (AvgIpc) is 3.47. The van der Waals surface area contributed by atoms with Crippen molar-refractivity contribution in [2.24, 2.45) is 0 Å². The molecule has 2 aromatic rings. The zero-order valence-electron chi connectivity index (χ0n) is 33.0. The van der Waals surface area contributed by atoms with E-state index in [1.165, 1.54) is 123 Å². The first-order chi connectivity index (χ1) is 24.0. The summed E-state index contributed by atoms with van der Waals surface area (Å²) in [7, 11) is 0. The number of rotatable bonds is 23. The van der Waals surface area contributed by atoms with Gasteiger partial charge in [0.1, 0.15) is 0 Å². The van der Waals surface area contributed by atoms with Gasteiger partial charge >= 0.3 is 20.4 Å². The van der Waals surface area contributed by atoms with Crippen LogP contribution in [0.5, 0.6) is 0 Å². The summed E-state index contributed by atoms with van der Waals surface area (Å²) in [6, 6.07) is 17.6. The maximum absolute atomic E-state index is 11.7. The summed E-state index contributed by atoms with van der Waals surface area (Å²) in [5, 5.41) is 0. The van der Waals surface area contributed by atoms with E-state index in [4.69, 9.17) is 0 Å². The van der Waals surface area contributed by atoms with Crippen LogP contribution in [0.2, 0.25) is 0 Å². The maximum Gasteiger partial charge on any atom is 2.00 e. The van der Waals surface area contributed by atoms with Crippen LogP contribution in [0.4, 0.5) is 0 Å². The van der Waals surface area contributed by atoms with E-state index in [1.54, 1.807) is 0 Å². The van der Waals surface area contributed by atoms with Gasteiger partial charge in [-0.15, -0.1) is 0 Å². The monoisotopic (exact) mass is 772 g/mol. The van der Waals surface area contributed by atoms with Crippen molar-refractivity contribution in [1.82, 2.24) is 0 Å². The number of unbranched alkanes of at least 4 members (excludes halogenated alkanes) is 13. The van der Waals surface area contributed by atoms with Gasteiger partial charge in [-0.1, -0.05) is 148 Å². The Morgan fingerprint density at radius 1 is 0.580 bits per heavy atom. The Kier molecular flexibility index (Phi) is 31.4. The molecule has 2 aromatic carbocycles. The zero-order valence-corrected chi connectivity index (χ0v) is 34.6. The molecule has 0 unspecified atom stereocenters. The molecule has 2 nitrogen and oxygen atoms in total. The molecule has 3 heteroatoms. The van der Waals surface area contributed by atoms with Crippen molar-refractivity contribution in [3.8, 4) is 0 Å². The Balaban J connectivity index is 0.00000241. The SMILES string of the molecule is CCCCCCC=CCCCc1ccccc1C1=C(CCCCCCCC)C=C(c2ccc(CCCC)cc2)[N+]1=[N-].[CH2-]CCC.[CH2-]CCC.[Pd+2]. The Labute approximate surface area is 324 Å². The van der Waals surface area contributed by atoms with Crippen LogP contribution in [0.25, 0.3) is 16.9 Å². The van der Waals surface area contributed by atoms with Crippen molar-refractivity contribution in [3.05, 3.63) is 114 Å². The molecule has 0 spiro atoms. The van der Waals surface area contributed by atoms with Crippen LogP contribution >= 0.6 is 0 Å². The standard InChI is InChI=1S/C39H56N2.2C4H9.Pd/c1-4-7-10-12-14-15-16-18-19-24-34-25-21-22-27-37(34)39-36(26-20-17-13-11-8-5-2)32-38(41(39)40)35-30-28-33(29-31-35)23-9-6-3;2*1-3-4-2;/h15-16,21-22,25,27-32H,4-14,17-20,23-24,26H2,1-3H3;2*1,3-4H2,2H3;/q;2*-1;+2. The number of nitrogens with zero attached hydrogens (tertiary/aromatic N) is 2. The van der Waals surface area contributed by atoms with Gasteiger partial charge in [0.15, 0.2) is 0 Å². The molecule has 1 aliphatic heterocycles. The number of allylic oxidation sites excluding steroid dienone is 4. The fourth-order valence-corrected chi connectivity index (χ4v) is 5.86. The minimum absolute atomic E-state index is 0. The molecule has 0 atom stereocenters. The molecule has 0 fully saturated rings. The number of aryl methyl sites for hydroxylation is 2. The third-order valence-electron chi connectivity index (χ3n) is 9.11. The topological polar surface area (TPSA) is 25.3 Å². The molecule has 0 bridgehead atoms. The first kappa shape index (κ1) is 47.9. The van der Waals surface area contributed by atoms with Crippen LogP contribution in [-0.2, 0) is 33.3 Å². The van der Waals surface area contributed by atoms with Gasteiger partial charge in [0.05, 0.1) is 0 Å². The van der Waals surface area contributed by atoms with E-state index in [1.807, 2.05) is 0 Å². The summed E-state index contributed by atoms with van der Waals surface area (Å²) >= 11 is 0. The molecule has 0 saturated carbocycles. The fourth-order valence-electron chi connectivity index (χ4n) is 5.86. The molecule has 50 heavy (non-hydrogen) atoms. The second-order valence-corrected chi connectivity index (χ2v) is 13.6. The van der Waals surface area contributed by atoms with Gasteiger partial charge in [0.25, 0.3) is 0 Å². The Hall–Kier alpha value is -2.08. The van der Waals surface area contributed by atoms with Crippen molar-refractivity contribution >= 4 is 11.4 Å². The van der Waals surface area contributed by atoms with Gasteiger partial charge in [-0.05, 0) is 87.1 Å². The third-order valence-corrected chi connectivity index (χ3v) is 9.11. The normalized spacial score (nSPS) is 12.3. The molecule has 0 radical (unpaired) electrons. The Bertz CT molecular complexity index is 1200. The molecule has 1 heterocycles. The molecule has 1 aliphatic rings. The molecular weight excluding hydrogens is 699 g/mol. The van der Waals surface area contributed by atoms with Crippen LogP contribution < -0.4 is 0 Å². The average molecular weight is 774 g/mol. The summed E-state index contributed by atoms with van der Waals surface area (Å²) in [6.45, 7) is 18.2. The van der Waals surface area contributed by atoms with E-state index in [2.05, 4.69) is 115 Å². The summed E-state index contributed by atoms with van der Waals surface area (Å²) in [4.78, 5) is 0. The van der Waals surface area contributed by atoms with E-state index < -0.39 is 0 Å². The summed E-state index contributed by atoms with van der Waals surface area (Å²) in [5.41, 5.74) is 19.8. The van der Waals surface area contributed by atoms with Crippen molar-refractivity contribution in [2.45, 2.75) is 176 Å². The van der Waals surface area contributed by atoms with Crippen molar-refractivity contribution in [3.63, 3.8) is 0 Å². The summed E-state index contributed by atoms with van der Waals surface area (Å²) < 4.78 is 1.49. The smallest absolute Gasteiger partial charge is 0.493 e. The van der Waals surface area contributed by atoms with Crippen LogP contribution in [0.15, 0.2) is 72.3 Å². The predicted octanol–water partition coefficient (Wildman–Crippen LogP) is 15.7. The second kappa shape index (κ2) is 32.8. The van der Waals surface area contributed by atoms with E-state index in [0.29, 0.717) is 0 Å². The van der Waals surface area contributed by atoms with Gasteiger partial charge < -0.3 is 19.4 Å². The van der Waals surface area contributed by atoms with Gasteiger partial charge in [-0.2, -0.15) is 12.8 Å². The third kappa shape index (κ3) is 20.1. The van der Waals surface area contributed by atoms with E-state index >= 15 is 0 Å². The molecule has 282 valence electrons. The molecule has 0 amide bonds. The Morgan fingerprint density at radius 3 is 1.72 bits per heavy atom. The van der Waals surface area contributed by atoms with Gasteiger partial charge in [-0.3, -0.25) is 0 Å². The van der Waals surface area contributed by atoms with Crippen molar-refractivity contribution in [2.75, 3.05) is 0 Å².